The van der Waals surface area contributed by atoms with Gasteiger partial charge in [-0.05, 0) is 72.9 Å². The van der Waals surface area contributed by atoms with Crippen LogP contribution in [-0.2, 0) is 23.7 Å². The SMILES string of the molecule is C=C(C(C)C(O)C(C)(O)[C@@H](CC)OC)[C@H](C)CC(C)(OC)[C@@H](CCC(C)C=O)OC1CC(N(C)C)CC(C)O1. The Hall–Kier alpha value is -0.870. The summed E-state index contributed by atoms with van der Waals surface area (Å²) >= 11 is 0. The van der Waals surface area contributed by atoms with Crippen LogP contribution in [0.15, 0.2) is 12.2 Å². The van der Waals surface area contributed by atoms with Crippen molar-refractivity contribution in [3.05, 3.63) is 12.2 Å². The first-order chi connectivity index (χ1) is 18.1. The first-order valence-electron chi connectivity index (χ1n) is 14.7. The monoisotopic (exact) mass is 557 g/mol. The van der Waals surface area contributed by atoms with Crippen LogP contribution in [-0.4, -0.2) is 97.7 Å². The molecule has 1 rings (SSSR count). The van der Waals surface area contributed by atoms with Crippen molar-refractivity contribution < 1.29 is 34.0 Å². The van der Waals surface area contributed by atoms with Gasteiger partial charge >= 0.3 is 0 Å². The quantitative estimate of drug-likeness (QED) is 0.186. The maximum atomic E-state index is 11.4. The minimum absolute atomic E-state index is 0.0478. The van der Waals surface area contributed by atoms with Crippen LogP contribution in [0.25, 0.3) is 0 Å². The van der Waals surface area contributed by atoms with Gasteiger partial charge in [0.1, 0.15) is 11.9 Å². The van der Waals surface area contributed by atoms with Gasteiger partial charge < -0.3 is 38.9 Å². The third-order valence-corrected chi connectivity index (χ3v) is 9.07. The van der Waals surface area contributed by atoms with E-state index in [1.165, 1.54) is 0 Å². The number of nitrogens with zero attached hydrogens (tertiary/aromatic N) is 1. The Morgan fingerprint density at radius 2 is 1.77 bits per heavy atom. The summed E-state index contributed by atoms with van der Waals surface area (Å²) in [5, 5.41) is 22.3. The second-order valence-electron chi connectivity index (χ2n) is 12.6. The van der Waals surface area contributed by atoms with Crippen LogP contribution in [0.2, 0.25) is 0 Å². The molecule has 0 bridgehead atoms. The smallest absolute Gasteiger partial charge is 0.159 e. The van der Waals surface area contributed by atoms with Crippen LogP contribution in [0.3, 0.4) is 0 Å². The Balaban J connectivity index is 3.14. The lowest BCUT2D eigenvalue weighted by Crippen LogP contribution is -2.53. The minimum atomic E-state index is -1.43. The van der Waals surface area contributed by atoms with Crippen LogP contribution in [0.4, 0.5) is 0 Å². The highest BCUT2D eigenvalue weighted by molar-refractivity contribution is 5.52. The summed E-state index contributed by atoms with van der Waals surface area (Å²) in [6, 6.07) is 0.356. The van der Waals surface area contributed by atoms with E-state index < -0.39 is 23.4 Å². The van der Waals surface area contributed by atoms with Crippen molar-refractivity contribution in [2.75, 3.05) is 28.3 Å². The normalized spacial score (nSPS) is 28.0. The van der Waals surface area contributed by atoms with Crippen LogP contribution in [0.5, 0.6) is 0 Å². The van der Waals surface area contributed by atoms with Gasteiger partial charge in [-0.1, -0.05) is 39.8 Å². The summed E-state index contributed by atoms with van der Waals surface area (Å²) in [6.45, 7) is 17.9. The zero-order chi connectivity index (χ0) is 30.1. The van der Waals surface area contributed by atoms with Gasteiger partial charge in [0.05, 0.1) is 30.0 Å². The predicted molar refractivity (Wildman–Crippen MR) is 156 cm³/mol. The second-order valence-corrected chi connectivity index (χ2v) is 12.6. The Morgan fingerprint density at radius 1 is 1.15 bits per heavy atom. The Bertz CT molecular complexity index is 740. The van der Waals surface area contributed by atoms with Crippen molar-refractivity contribution in [2.45, 2.75) is 135 Å². The van der Waals surface area contributed by atoms with Gasteiger partial charge in [0.2, 0.25) is 0 Å². The highest BCUT2D eigenvalue weighted by atomic mass is 16.7. The number of carbonyl (C=O) groups is 1. The molecule has 1 heterocycles. The van der Waals surface area contributed by atoms with E-state index in [9.17, 15) is 15.0 Å². The first-order valence-corrected chi connectivity index (χ1v) is 14.7. The average Bonchev–Trinajstić information content (AvgIpc) is 2.89. The summed E-state index contributed by atoms with van der Waals surface area (Å²) in [7, 11) is 7.40. The first kappa shape index (κ1) is 36.2. The number of hydrogen-bond donors (Lipinski definition) is 2. The molecular formula is C31H59NO7. The third-order valence-electron chi connectivity index (χ3n) is 9.07. The molecule has 0 amide bonds. The predicted octanol–water partition coefficient (Wildman–Crippen LogP) is 4.60. The number of hydrogen-bond acceptors (Lipinski definition) is 8. The standard InChI is InChI=1S/C31H59NO7/c1-13-26(36-11)31(8,35)29(34)24(6)23(5)21(3)18-30(7,37-12)27(15-14-20(2)19-33)39-28-17-25(32(9)10)16-22(4)38-28/h19-22,24-29,34-35H,5,13-18H2,1-4,6-12H3/t20?,21-,22?,24?,25?,26-,27-,28?,29?,30?,31?/m1/s1. The molecule has 8 nitrogen and oxygen atoms in total. The van der Waals surface area contributed by atoms with Crippen molar-refractivity contribution in [3.8, 4) is 0 Å². The van der Waals surface area contributed by atoms with Gasteiger partial charge in [-0.2, -0.15) is 0 Å². The molecule has 1 aliphatic rings. The number of ether oxygens (including phenoxy) is 4. The van der Waals surface area contributed by atoms with Gasteiger partial charge in [-0.3, -0.25) is 0 Å². The fourth-order valence-electron chi connectivity index (χ4n) is 6.02. The molecule has 8 heteroatoms. The molecule has 0 saturated carbocycles. The molecule has 1 aliphatic heterocycles. The van der Waals surface area contributed by atoms with Gasteiger partial charge in [0, 0.05) is 38.5 Å². The van der Waals surface area contributed by atoms with Crippen LogP contribution < -0.4 is 0 Å². The van der Waals surface area contributed by atoms with Crippen molar-refractivity contribution in [3.63, 3.8) is 0 Å². The van der Waals surface area contributed by atoms with E-state index in [1.54, 1.807) is 21.1 Å². The third kappa shape index (κ3) is 9.87. The van der Waals surface area contributed by atoms with E-state index in [1.807, 2.05) is 27.7 Å². The molecule has 0 aromatic rings. The maximum absolute atomic E-state index is 11.4. The van der Waals surface area contributed by atoms with Crippen LogP contribution >= 0.6 is 0 Å². The molecule has 0 aliphatic carbocycles. The molecule has 2 N–H and O–H groups in total. The van der Waals surface area contributed by atoms with E-state index >= 15 is 0 Å². The maximum Gasteiger partial charge on any atom is 0.159 e. The molecule has 0 spiro atoms. The highest BCUT2D eigenvalue weighted by Crippen LogP contribution is 2.38. The number of methoxy groups -OCH3 is 2. The number of rotatable bonds is 18. The Kier molecular flexibility index (Phi) is 14.8. The molecule has 0 aromatic carbocycles. The molecule has 1 fully saturated rings. The van der Waals surface area contributed by atoms with E-state index in [0.29, 0.717) is 31.7 Å². The lowest BCUT2D eigenvalue weighted by atomic mass is 9.75. The average molecular weight is 558 g/mol. The van der Waals surface area contributed by atoms with Crippen molar-refractivity contribution in [2.24, 2.45) is 17.8 Å². The van der Waals surface area contributed by atoms with E-state index in [2.05, 4.69) is 39.4 Å². The summed E-state index contributed by atoms with van der Waals surface area (Å²) < 4.78 is 24.5. The molecule has 8 unspecified atom stereocenters. The fourth-order valence-corrected chi connectivity index (χ4v) is 6.02. The molecule has 1 saturated heterocycles. The Labute approximate surface area is 238 Å². The molecule has 39 heavy (non-hydrogen) atoms. The van der Waals surface area contributed by atoms with Gasteiger partial charge in [-0.15, -0.1) is 0 Å². The largest absolute Gasteiger partial charge is 0.389 e. The van der Waals surface area contributed by atoms with E-state index in [4.69, 9.17) is 18.9 Å². The number of aliphatic hydroxyl groups is 2. The van der Waals surface area contributed by atoms with E-state index in [-0.39, 0.29) is 36.3 Å². The topological polar surface area (TPSA) is 97.7 Å². The summed E-state index contributed by atoms with van der Waals surface area (Å²) in [6.07, 6.45) is 3.00. The number of aliphatic hydroxyl groups excluding tert-OH is 1. The zero-order valence-electron chi connectivity index (χ0n) is 26.6. The van der Waals surface area contributed by atoms with Crippen molar-refractivity contribution in [1.29, 1.82) is 0 Å². The van der Waals surface area contributed by atoms with Crippen molar-refractivity contribution >= 4 is 6.29 Å². The van der Waals surface area contributed by atoms with Gasteiger partial charge in [-0.25, -0.2) is 0 Å². The van der Waals surface area contributed by atoms with Crippen molar-refractivity contribution in [1.82, 2.24) is 4.90 Å². The molecular weight excluding hydrogens is 498 g/mol. The highest BCUT2D eigenvalue weighted by Gasteiger charge is 2.44. The minimum Gasteiger partial charge on any atom is -0.389 e. The lowest BCUT2D eigenvalue weighted by Gasteiger charge is -2.44. The molecule has 230 valence electrons. The fraction of sp³-hybridized carbons (Fsp3) is 0.903. The summed E-state index contributed by atoms with van der Waals surface area (Å²) in [4.78, 5) is 13.6. The Morgan fingerprint density at radius 3 is 2.26 bits per heavy atom. The van der Waals surface area contributed by atoms with Gasteiger partial charge in [0.25, 0.3) is 0 Å². The molecule has 0 radical (unpaired) electrons. The summed E-state index contributed by atoms with van der Waals surface area (Å²) in [5.41, 5.74) is -1.30. The molecule has 0 aromatic heterocycles. The van der Waals surface area contributed by atoms with Gasteiger partial charge in [0.15, 0.2) is 6.29 Å². The summed E-state index contributed by atoms with van der Waals surface area (Å²) in [5.74, 6) is -0.513. The number of aldehydes is 1. The number of carbonyl (C=O) groups excluding carboxylic acids is 1. The lowest BCUT2D eigenvalue weighted by molar-refractivity contribution is -0.256. The van der Waals surface area contributed by atoms with Crippen LogP contribution in [0, 0.1) is 17.8 Å². The molecule has 11 atom stereocenters. The zero-order valence-corrected chi connectivity index (χ0v) is 26.6. The van der Waals surface area contributed by atoms with E-state index in [0.717, 1.165) is 24.7 Å². The second kappa shape index (κ2) is 15.9. The van der Waals surface area contributed by atoms with Crippen LogP contribution in [0.1, 0.15) is 87.0 Å².